The van der Waals surface area contributed by atoms with Crippen LogP contribution < -0.4 is 0 Å². The molecule has 0 saturated carbocycles. The predicted molar refractivity (Wildman–Crippen MR) is 63.2 cm³/mol. The van der Waals surface area contributed by atoms with E-state index in [1.54, 1.807) is 0 Å². The van der Waals surface area contributed by atoms with Gasteiger partial charge in [-0.25, -0.2) is 9.59 Å². The third-order valence-corrected chi connectivity index (χ3v) is 2.09. The number of carbonyl (C=O) groups excluding carboxylic acids is 1. The van der Waals surface area contributed by atoms with Gasteiger partial charge in [-0.1, -0.05) is 31.9 Å². The molecule has 1 aromatic rings. The Balaban J connectivity index is 3.21. The first-order valence-corrected chi connectivity index (χ1v) is 5.33. The fraction of sp³-hybridized carbons (Fsp3) is 0.385. The highest BCUT2D eigenvalue weighted by molar-refractivity contribution is 6.02. The van der Waals surface area contributed by atoms with E-state index in [1.807, 2.05) is 6.92 Å². The molecular formula is C13H16O4. The molecule has 1 N–H and O–H groups in total. The number of unbranched alkanes of at least 4 members (excludes halogenated alkanes) is 2. The Hall–Kier alpha value is -1.84. The summed E-state index contributed by atoms with van der Waals surface area (Å²) in [5.41, 5.74) is -1.40. The van der Waals surface area contributed by atoms with Gasteiger partial charge in [-0.3, -0.25) is 0 Å². The Morgan fingerprint density at radius 2 is 1.94 bits per heavy atom. The van der Waals surface area contributed by atoms with Gasteiger partial charge in [0.2, 0.25) is 0 Å². The van der Waals surface area contributed by atoms with Gasteiger partial charge in [0.25, 0.3) is 0 Å². The highest BCUT2D eigenvalue weighted by atomic mass is 16.5. The van der Waals surface area contributed by atoms with Gasteiger partial charge in [0.05, 0.1) is 23.2 Å². The second kappa shape index (κ2) is 6.68. The molecule has 0 fully saturated rings. The van der Waals surface area contributed by atoms with Crippen LogP contribution in [0.2, 0.25) is 0 Å². The fourth-order valence-corrected chi connectivity index (χ4v) is 1.22. The first kappa shape index (κ1) is 8.28. The molecule has 4 heteroatoms. The molecular weight excluding hydrogens is 220 g/mol. The maximum absolute atomic E-state index is 11.9. The lowest BCUT2D eigenvalue weighted by Crippen LogP contribution is -2.12. The summed E-state index contributed by atoms with van der Waals surface area (Å²) in [6, 6.07) is -2.82. The summed E-state index contributed by atoms with van der Waals surface area (Å²) in [5, 5.41) is 9.09. The molecule has 0 aliphatic heterocycles. The molecule has 0 aromatic heterocycles. The normalized spacial score (nSPS) is 13.2. The summed E-state index contributed by atoms with van der Waals surface area (Å²) >= 11 is 0. The molecule has 1 aromatic carbocycles. The number of carbonyl (C=O) groups is 2. The second-order valence-corrected chi connectivity index (χ2v) is 3.40. The van der Waals surface area contributed by atoms with E-state index in [9.17, 15) is 9.59 Å². The second-order valence-electron chi connectivity index (χ2n) is 3.40. The molecule has 0 unspecified atom stereocenters. The summed E-state index contributed by atoms with van der Waals surface area (Å²) in [7, 11) is 0. The van der Waals surface area contributed by atoms with E-state index in [2.05, 4.69) is 0 Å². The molecule has 0 saturated heterocycles. The van der Waals surface area contributed by atoms with Crippen LogP contribution in [0, 0.1) is 0 Å². The van der Waals surface area contributed by atoms with Crippen molar-refractivity contribution in [3.05, 3.63) is 35.3 Å². The lowest BCUT2D eigenvalue weighted by molar-refractivity contribution is 0.0488. The molecule has 0 radical (unpaired) electrons. The van der Waals surface area contributed by atoms with Gasteiger partial charge in [-0.2, -0.15) is 0 Å². The van der Waals surface area contributed by atoms with E-state index in [1.165, 1.54) is 0 Å². The number of carboxylic acid groups (broad SMARTS) is 1. The van der Waals surface area contributed by atoms with Crippen LogP contribution in [0.25, 0.3) is 0 Å². The molecule has 92 valence electrons. The fourth-order valence-electron chi connectivity index (χ4n) is 1.22. The van der Waals surface area contributed by atoms with Crippen molar-refractivity contribution in [2.75, 3.05) is 6.61 Å². The quantitative estimate of drug-likeness (QED) is 0.613. The third kappa shape index (κ3) is 3.90. The first-order chi connectivity index (χ1) is 9.82. The minimum absolute atomic E-state index is 0.0778. The van der Waals surface area contributed by atoms with Gasteiger partial charge in [0, 0.05) is 0 Å². The average Bonchev–Trinajstić information content (AvgIpc) is 2.44. The van der Waals surface area contributed by atoms with Gasteiger partial charge >= 0.3 is 11.9 Å². The van der Waals surface area contributed by atoms with Crippen LogP contribution in [0.3, 0.4) is 0 Å². The smallest absolute Gasteiger partial charge is 0.339 e. The van der Waals surface area contributed by atoms with E-state index in [0.29, 0.717) is 6.42 Å². The van der Waals surface area contributed by atoms with Crippen molar-refractivity contribution in [2.45, 2.75) is 26.2 Å². The van der Waals surface area contributed by atoms with Crippen molar-refractivity contribution < 1.29 is 24.9 Å². The Morgan fingerprint density at radius 1 is 1.29 bits per heavy atom. The van der Waals surface area contributed by atoms with Gasteiger partial charge in [0.1, 0.15) is 0 Å². The number of carboxylic acids is 1. The number of aromatic carboxylic acids is 1. The zero-order valence-electron chi connectivity index (χ0n) is 13.5. The SMILES string of the molecule is [2H]c1c([2H])c([2H])c(C(=O)OCCCCC)c(C(=O)O)c1[2H]. The molecule has 0 heterocycles. The van der Waals surface area contributed by atoms with E-state index < -0.39 is 47.2 Å². The maximum Gasteiger partial charge on any atom is 0.339 e. The van der Waals surface area contributed by atoms with Crippen molar-refractivity contribution in [3.8, 4) is 0 Å². The van der Waals surface area contributed by atoms with E-state index in [0.717, 1.165) is 12.8 Å². The Morgan fingerprint density at radius 3 is 2.53 bits per heavy atom. The molecule has 0 bridgehead atoms. The van der Waals surface area contributed by atoms with Crippen molar-refractivity contribution in [1.29, 1.82) is 0 Å². The third-order valence-electron chi connectivity index (χ3n) is 2.09. The molecule has 0 amide bonds. The number of rotatable bonds is 6. The summed E-state index contributed by atoms with van der Waals surface area (Å²) in [6.45, 7) is 2.05. The maximum atomic E-state index is 11.9. The van der Waals surface area contributed by atoms with Crippen LogP contribution in [0.4, 0.5) is 0 Å². The van der Waals surface area contributed by atoms with Crippen LogP contribution in [0.5, 0.6) is 0 Å². The lowest BCUT2D eigenvalue weighted by Gasteiger charge is -2.06. The summed E-state index contributed by atoms with van der Waals surface area (Å²) in [4.78, 5) is 23.1. The minimum atomic E-state index is -1.59. The van der Waals surface area contributed by atoms with Gasteiger partial charge in [-0.05, 0) is 18.5 Å². The Labute approximate surface area is 106 Å². The predicted octanol–water partition coefficient (Wildman–Crippen LogP) is 2.73. The highest BCUT2D eigenvalue weighted by Gasteiger charge is 2.16. The van der Waals surface area contributed by atoms with Gasteiger partial charge in [0.15, 0.2) is 0 Å². The average molecular weight is 240 g/mol. The van der Waals surface area contributed by atoms with Crippen molar-refractivity contribution in [1.82, 2.24) is 0 Å². The largest absolute Gasteiger partial charge is 0.478 e. The zero-order valence-corrected chi connectivity index (χ0v) is 9.50. The molecule has 0 aliphatic rings. The standard InChI is InChI=1S/C13H16O4/c1-2-3-6-9-17-13(16)11-8-5-4-7-10(11)12(14)15/h4-5,7-8H,2-3,6,9H2,1H3,(H,14,15)/i4D,5D,7D,8D. The molecule has 1 rings (SSSR count). The van der Waals surface area contributed by atoms with Crippen LogP contribution in [0.15, 0.2) is 24.2 Å². The number of esters is 1. The van der Waals surface area contributed by atoms with Gasteiger partial charge in [-0.15, -0.1) is 0 Å². The van der Waals surface area contributed by atoms with E-state index >= 15 is 0 Å². The first-order valence-electron chi connectivity index (χ1n) is 7.33. The van der Waals surface area contributed by atoms with E-state index in [4.69, 9.17) is 15.3 Å². The summed E-state index contributed by atoms with van der Waals surface area (Å²) in [6.07, 6.45) is 2.37. The Bertz CT molecular complexity index is 572. The molecule has 0 spiro atoms. The van der Waals surface area contributed by atoms with Crippen molar-refractivity contribution in [2.24, 2.45) is 0 Å². The highest BCUT2D eigenvalue weighted by Crippen LogP contribution is 2.10. The minimum Gasteiger partial charge on any atom is -0.478 e. The molecule has 17 heavy (non-hydrogen) atoms. The molecule has 0 atom stereocenters. The van der Waals surface area contributed by atoms with Crippen LogP contribution in [-0.2, 0) is 4.74 Å². The summed E-state index contributed by atoms with van der Waals surface area (Å²) in [5.74, 6) is -2.64. The summed E-state index contributed by atoms with van der Waals surface area (Å²) < 4.78 is 35.1. The Kier molecular flexibility index (Phi) is 3.25. The van der Waals surface area contributed by atoms with Crippen molar-refractivity contribution in [3.63, 3.8) is 0 Å². The molecule has 4 nitrogen and oxygen atoms in total. The topological polar surface area (TPSA) is 63.6 Å². The van der Waals surface area contributed by atoms with Crippen LogP contribution in [0.1, 0.15) is 52.4 Å². The zero-order chi connectivity index (χ0) is 16.2. The number of hydrogen-bond acceptors (Lipinski definition) is 3. The van der Waals surface area contributed by atoms with Crippen LogP contribution >= 0.6 is 0 Å². The number of benzene rings is 1. The number of ether oxygens (including phenoxy) is 1. The lowest BCUT2D eigenvalue weighted by atomic mass is 10.1. The van der Waals surface area contributed by atoms with E-state index in [-0.39, 0.29) is 6.61 Å². The van der Waals surface area contributed by atoms with Gasteiger partial charge < -0.3 is 9.84 Å². The molecule has 0 aliphatic carbocycles. The van der Waals surface area contributed by atoms with Crippen LogP contribution in [-0.4, -0.2) is 23.7 Å². The monoisotopic (exact) mass is 240 g/mol. The number of hydrogen-bond donors (Lipinski definition) is 1. The van der Waals surface area contributed by atoms with Crippen molar-refractivity contribution >= 4 is 11.9 Å².